The fourth-order valence-corrected chi connectivity index (χ4v) is 1.80. The number of aryl methyl sites for hydroxylation is 1. The quantitative estimate of drug-likeness (QED) is 0.678. The molecule has 0 spiro atoms. The number of amides is 1. The van der Waals surface area contributed by atoms with Crippen molar-refractivity contribution >= 4 is 11.9 Å². The molecule has 1 aromatic rings. The Morgan fingerprint density at radius 1 is 1.19 bits per heavy atom. The first-order valence-corrected chi connectivity index (χ1v) is 7.15. The Bertz CT molecular complexity index is 480. The van der Waals surface area contributed by atoms with Gasteiger partial charge >= 0.3 is 5.97 Å². The van der Waals surface area contributed by atoms with Gasteiger partial charge in [0.25, 0.3) is 0 Å². The lowest BCUT2D eigenvalue weighted by atomic mass is 10.0. The third-order valence-corrected chi connectivity index (χ3v) is 3.30. The maximum atomic E-state index is 11.7. The van der Waals surface area contributed by atoms with Gasteiger partial charge < -0.3 is 15.5 Å². The van der Waals surface area contributed by atoms with E-state index in [1.54, 1.807) is 0 Å². The lowest BCUT2D eigenvalue weighted by molar-refractivity contribution is -0.156. The molecule has 1 aromatic carbocycles. The fourth-order valence-electron chi connectivity index (χ4n) is 1.80. The van der Waals surface area contributed by atoms with Crippen LogP contribution in [0.4, 0.5) is 0 Å². The van der Waals surface area contributed by atoms with Gasteiger partial charge in [-0.15, -0.1) is 0 Å². The van der Waals surface area contributed by atoms with Crippen LogP contribution in [0.5, 0.6) is 0 Å². The molecule has 0 aliphatic carbocycles. The number of aliphatic hydroxyl groups is 1. The highest BCUT2D eigenvalue weighted by Gasteiger charge is 2.30. The summed E-state index contributed by atoms with van der Waals surface area (Å²) in [6.07, 6.45) is 3.49. The molecule has 0 aliphatic heterocycles. The molecule has 0 saturated heterocycles. The van der Waals surface area contributed by atoms with Crippen LogP contribution < -0.4 is 5.32 Å². The number of carboxylic acids is 1. The van der Waals surface area contributed by atoms with Gasteiger partial charge in [-0.3, -0.25) is 4.79 Å². The third-order valence-electron chi connectivity index (χ3n) is 3.30. The number of unbranched alkanes of at least 4 members (excludes halogenated alkanes) is 1. The molecule has 1 unspecified atom stereocenters. The number of carboxylic acid groups (broad SMARTS) is 1. The summed E-state index contributed by atoms with van der Waals surface area (Å²) in [4.78, 5) is 22.4. The van der Waals surface area contributed by atoms with E-state index >= 15 is 0 Å². The molecule has 0 bridgehead atoms. The highest BCUT2D eigenvalue weighted by Crippen LogP contribution is 2.09. The Morgan fingerprint density at radius 3 is 2.29 bits per heavy atom. The first kappa shape index (κ1) is 17.2. The van der Waals surface area contributed by atoms with Crippen LogP contribution >= 0.6 is 0 Å². The number of benzene rings is 1. The van der Waals surface area contributed by atoms with E-state index in [4.69, 9.17) is 5.11 Å². The van der Waals surface area contributed by atoms with Gasteiger partial charge in [-0.1, -0.05) is 37.6 Å². The van der Waals surface area contributed by atoms with Crippen molar-refractivity contribution in [3.63, 3.8) is 0 Å². The summed E-state index contributed by atoms with van der Waals surface area (Å²) in [5.41, 5.74) is 0.164. The van der Waals surface area contributed by atoms with Crippen LogP contribution in [0.25, 0.3) is 0 Å². The number of nitrogens with one attached hydrogen (secondary N) is 1. The lowest BCUT2D eigenvalue weighted by Crippen LogP contribution is -2.46. The molecule has 0 fully saturated rings. The van der Waals surface area contributed by atoms with E-state index < -0.39 is 11.6 Å². The normalized spacial score (nSPS) is 13.5. The largest absolute Gasteiger partial charge is 0.479 e. The first-order chi connectivity index (χ1) is 9.85. The molecular formula is C16H23NO4. The molecule has 0 radical (unpaired) electrons. The van der Waals surface area contributed by atoms with E-state index in [2.05, 4.69) is 12.2 Å². The van der Waals surface area contributed by atoms with Crippen molar-refractivity contribution in [3.8, 4) is 0 Å². The predicted molar refractivity (Wildman–Crippen MR) is 80.0 cm³/mol. The van der Waals surface area contributed by atoms with E-state index in [1.807, 2.05) is 24.3 Å². The number of carbonyl (C=O) groups excluding carboxylic acids is 1. The highest BCUT2D eigenvalue weighted by atomic mass is 16.4. The van der Waals surface area contributed by atoms with Crippen LogP contribution in [0.2, 0.25) is 0 Å². The zero-order valence-corrected chi connectivity index (χ0v) is 12.6. The van der Waals surface area contributed by atoms with Crippen molar-refractivity contribution in [2.45, 2.75) is 45.1 Å². The zero-order chi connectivity index (χ0) is 15.9. The molecule has 3 N–H and O–H groups in total. The zero-order valence-electron chi connectivity index (χ0n) is 12.6. The molecule has 5 nitrogen and oxygen atoms in total. The van der Waals surface area contributed by atoms with Gasteiger partial charge in [-0.25, -0.2) is 4.79 Å². The molecule has 1 amide bonds. The second-order valence-corrected chi connectivity index (χ2v) is 5.45. The van der Waals surface area contributed by atoms with Crippen molar-refractivity contribution in [2.24, 2.45) is 0 Å². The van der Waals surface area contributed by atoms with Crippen LogP contribution in [0.3, 0.4) is 0 Å². The third kappa shape index (κ3) is 5.95. The Kier molecular flexibility index (Phi) is 6.37. The summed E-state index contributed by atoms with van der Waals surface area (Å²) >= 11 is 0. The van der Waals surface area contributed by atoms with E-state index in [0.29, 0.717) is 0 Å². The number of carbonyl (C=O) groups is 2. The van der Waals surface area contributed by atoms with Crippen molar-refractivity contribution in [1.82, 2.24) is 5.32 Å². The van der Waals surface area contributed by atoms with Crippen molar-refractivity contribution in [1.29, 1.82) is 0 Å². The topological polar surface area (TPSA) is 86.6 Å². The molecule has 5 heteroatoms. The highest BCUT2D eigenvalue weighted by molar-refractivity contribution is 5.81. The minimum atomic E-state index is -1.94. The van der Waals surface area contributed by atoms with Gasteiger partial charge in [0, 0.05) is 0 Å². The maximum Gasteiger partial charge on any atom is 0.337 e. The molecule has 0 aromatic heterocycles. The monoisotopic (exact) mass is 293 g/mol. The molecule has 0 saturated carbocycles. The summed E-state index contributed by atoms with van der Waals surface area (Å²) in [7, 11) is 0. The Hall–Kier alpha value is -1.88. The Labute approximate surface area is 125 Å². The van der Waals surface area contributed by atoms with Crippen molar-refractivity contribution < 1.29 is 19.8 Å². The average Bonchev–Trinajstić information content (AvgIpc) is 2.44. The number of aliphatic carboxylic acids is 1. The van der Waals surface area contributed by atoms with E-state index in [9.17, 15) is 14.7 Å². The molecular weight excluding hydrogens is 270 g/mol. The minimum absolute atomic E-state index is 0.170. The maximum absolute atomic E-state index is 11.7. The van der Waals surface area contributed by atoms with Gasteiger partial charge in [-0.2, -0.15) is 0 Å². The summed E-state index contributed by atoms with van der Waals surface area (Å²) in [6, 6.07) is 7.82. The van der Waals surface area contributed by atoms with E-state index in [1.165, 1.54) is 5.56 Å². The SMILES string of the molecule is CCCCc1ccc(CC(=O)NCC(C)(O)C(=O)O)cc1. The number of hydrogen-bond acceptors (Lipinski definition) is 3. The Balaban J connectivity index is 2.46. The van der Waals surface area contributed by atoms with Crippen LogP contribution in [-0.2, 0) is 22.4 Å². The van der Waals surface area contributed by atoms with Gasteiger partial charge in [-0.05, 0) is 30.9 Å². The van der Waals surface area contributed by atoms with Crippen molar-refractivity contribution in [2.75, 3.05) is 6.54 Å². The first-order valence-electron chi connectivity index (χ1n) is 7.15. The molecule has 1 rings (SSSR count). The van der Waals surface area contributed by atoms with Crippen molar-refractivity contribution in [3.05, 3.63) is 35.4 Å². The molecule has 0 heterocycles. The predicted octanol–water partition coefficient (Wildman–Crippen LogP) is 1.52. The number of hydrogen-bond donors (Lipinski definition) is 3. The van der Waals surface area contributed by atoms with Gasteiger partial charge in [0.2, 0.25) is 5.91 Å². The summed E-state index contributed by atoms with van der Waals surface area (Å²) < 4.78 is 0. The Morgan fingerprint density at radius 2 is 1.76 bits per heavy atom. The smallest absolute Gasteiger partial charge is 0.337 e. The summed E-state index contributed by atoms with van der Waals surface area (Å²) in [6.45, 7) is 2.98. The van der Waals surface area contributed by atoms with Crippen LogP contribution in [0, 0.1) is 0 Å². The summed E-state index contributed by atoms with van der Waals surface area (Å²) in [5, 5.41) is 20.7. The second-order valence-electron chi connectivity index (χ2n) is 5.45. The van der Waals surface area contributed by atoms with Gasteiger partial charge in [0.1, 0.15) is 0 Å². The van der Waals surface area contributed by atoms with E-state index in [0.717, 1.165) is 31.7 Å². The molecule has 0 aliphatic rings. The fraction of sp³-hybridized carbons (Fsp3) is 0.500. The molecule has 21 heavy (non-hydrogen) atoms. The van der Waals surface area contributed by atoms with Crippen LogP contribution in [0.15, 0.2) is 24.3 Å². The van der Waals surface area contributed by atoms with Gasteiger partial charge in [0.15, 0.2) is 5.60 Å². The van der Waals surface area contributed by atoms with Crippen LogP contribution in [0.1, 0.15) is 37.8 Å². The second kappa shape index (κ2) is 7.78. The molecule has 1 atom stereocenters. The standard InChI is InChI=1S/C16H23NO4/c1-3-4-5-12-6-8-13(9-7-12)10-14(18)17-11-16(2,21)15(19)20/h6-9,21H,3-5,10-11H2,1-2H3,(H,17,18)(H,19,20). The van der Waals surface area contributed by atoms with Crippen LogP contribution in [-0.4, -0.2) is 34.2 Å². The van der Waals surface area contributed by atoms with Gasteiger partial charge in [0.05, 0.1) is 13.0 Å². The lowest BCUT2D eigenvalue weighted by Gasteiger charge is -2.18. The number of rotatable bonds is 8. The molecule has 116 valence electrons. The minimum Gasteiger partial charge on any atom is -0.479 e. The van der Waals surface area contributed by atoms with E-state index in [-0.39, 0.29) is 18.9 Å². The summed E-state index contributed by atoms with van der Waals surface area (Å²) in [5.74, 6) is -1.67. The average molecular weight is 293 g/mol.